The number of ketones is 1. The number of halogens is 1. The third kappa shape index (κ3) is 1.89. The molecule has 90 valence electrons. The highest BCUT2D eigenvalue weighted by Gasteiger charge is 2.19. The maximum absolute atomic E-state index is 11.7. The fraction of sp³-hybridized carbons (Fsp3) is 0.154. The molecule has 0 aliphatic heterocycles. The van der Waals surface area contributed by atoms with Crippen LogP contribution in [0.4, 0.5) is 0 Å². The van der Waals surface area contributed by atoms with E-state index in [4.69, 9.17) is 16.9 Å². The van der Waals surface area contributed by atoms with Gasteiger partial charge in [0.2, 0.25) is 5.78 Å². The van der Waals surface area contributed by atoms with Gasteiger partial charge in [0.15, 0.2) is 0 Å². The molecule has 1 aromatic heterocycles. The van der Waals surface area contributed by atoms with Crippen LogP contribution in [-0.4, -0.2) is 15.6 Å². The summed E-state index contributed by atoms with van der Waals surface area (Å²) in [5.41, 5.74) is 1.48. The molecule has 0 atom stereocenters. The maximum atomic E-state index is 11.7. The summed E-state index contributed by atoms with van der Waals surface area (Å²) in [4.78, 5) is 22.7. The van der Waals surface area contributed by atoms with Crippen molar-refractivity contribution in [1.82, 2.24) is 4.57 Å². The van der Waals surface area contributed by atoms with Crippen LogP contribution in [0.2, 0.25) is 0 Å². The van der Waals surface area contributed by atoms with E-state index in [9.17, 15) is 9.59 Å². The molecule has 0 bridgehead atoms. The zero-order chi connectivity index (χ0) is 13.3. The van der Waals surface area contributed by atoms with Gasteiger partial charge in [-0.1, -0.05) is 0 Å². The molecule has 0 aliphatic carbocycles. The quantitative estimate of drug-likeness (QED) is 0.484. The summed E-state index contributed by atoms with van der Waals surface area (Å²) in [5, 5.41) is 8.42. The number of fused-ring (bicyclic) bond motifs is 1. The molecule has 1 aromatic carbocycles. The molecule has 1 heterocycles. The molecule has 5 heteroatoms. The van der Waals surface area contributed by atoms with Gasteiger partial charge in [-0.3, -0.25) is 9.59 Å². The largest absolute Gasteiger partial charge is 0.347 e. The molecule has 0 saturated carbocycles. The average molecular weight is 261 g/mol. The smallest absolute Gasteiger partial charge is 0.293 e. The lowest BCUT2D eigenvalue weighted by molar-refractivity contribution is -0.108. The Bertz CT molecular complexity index is 695. The van der Waals surface area contributed by atoms with Crippen LogP contribution in [0.15, 0.2) is 24.4 Å². The van der Waals surface area contributed by atoms with Crippen LogP contribution in [0.5, 0.6) is 0 Å². The third-order valence-electron chi connectivity index (χ3n) is 2.77. The number of aryl methyl sites for hydroxylation is 1. The summed E-state index contributed by atoms with van der Waals surface area (Å²) in [5.74, 6) is -0.746. The molecule has 0 radical (unpaired) electrons. The monoisotopic (exact) mass is 260 g/mol. The number of rotatable bonds is 3. The second-order valence-electron chi connectivity index (χ2n) is 3.78. The summed E-state index contributed by atoms with van der Waals surface area (Å²) in [6.45, 7) is 2.58. The van der Waals surface area contributed by atoms with Crippen LogP contribution in [-0.2, 0) is 11.3 Å². The normalized spacial score (nSPS) is 10.3. The maximum Gasteiger partial charge on any atom is 0.293 e. The lowest BCUT2D eigenvalue weighted by Crippen LogP contribution is -2.06. The average Bonchev–Trinajstić information content (AvgIpc) is 2.75. The van der Waals surface area contributed by atoms with Gasteiger partial charge in [-0.2, -0.15) is 5.26 Å². The SMILES string of the molecule is CCn1cc(C(=O)C(=O)Cl)c2cc(C#N)ccc21. The molecule has 18 heavy (non-hydrogen) atoms. The number of benzene rings is 1. The zero-order valence-corrected chi connectivity index (χ0v) is 10.4. The first-order valence-corrected chi connectivity index (χ1v) is 5.73. The van der Waals surface area contributed by atoms with Gasteiger partial charge in [0.1, 0.15) is 0 Å². The number of nitrogens with zero attached hydrogens (tertiary/aromatic N) is 2. The van der Waals surface area contributed by atoms with E-state index in [2.05, 4.69) is 0 Å². The Labute approximate surface area is 108 Å². The van der Waals surface area contributed by atoms with Gasteiger partial charge in [-0.15, -0.1) is 0 Å². The van der Waals surface area contributed by atoms with Crippen molar-refractivity contribution in [2.75, 3.05) is 0 Å². The molecule has 2 rings (SSSR count). The van der Waals surface area contributed by atoms with Crippen LogP contribution < -0.4 is 0 Å². The Morgan fingerprint density at radius 2 is 2.17 bits per heavy atom. The number of hydrogen-bond donors (Lipinski definition) is 0. The van der Waals surface area contributed by atoms with Crippen molar-refractivity contribution in [1.29, 1.82) is 5.26 Å². The van der Waals surface area contributed by atoms with Crippen LogP contribution in [0.25, 0.3) is 10.9 Å². The van der Waals surface area contributed by atoms with Crippen LogP contribution in [0.1, 0.15) is 22.8 Å². The van der Waals surface area contributed by atoms with Gasteiger partial charge in [-0.05, 0) is 36.7 Å². The summed E-state index contributed by atoms with van der Waals surface area (Å²) in [6, 6.07) is 7.02. The van der Waals surface area contributed by atoms with E-state index in [0.717, 1.165) is 5.52 Å². The van der Waals surface area contributed by atoms with Gasteiger partial charge < -0.3 is 4.57 Å². The molecular weight excluding hydrogens is 252 g/mol. The number of carbonyl (C=O) groups is 2. The number of aromatic nitrogens is 1. The summed E-state index contributed by atoms with van der Waals surface area (Å²) >= 11 is 5.23. The Balaban J connectivity index is 2.77. The van der Waals surface area contributed by atoms with E-state index >= 15 is 0 Å². The lowest BCUT2D eigenvalue weighted by Gasteiger charge is -1.99. The van der Waals surface area contributed by atoms with Gasteiger partial charge >= 0.3 is 0 Å². The van der Waals surface area contributed by atoms with Crippen molar-refractivity contribution in [2.24, 2.45) is 0 Å². The van der Waals surface area contributed by atoms with E-state index in [1.807, 2.05) is 17.6 Å². The minimum atomic E-state index is -1.02. The first kappa shape index (κ1) is 12.3. The van der Waals surface area contributed by atoms with E-state index in [0.29, 0.717) is 17.5 Å². The number of Topliss-reactive ketones (excluding diaryl/α,β-unsaturated/α-hetero) is 1. The Morgan fingerprint density at radius 1 is 1.44 bits per heavy atom. The highest BCUT2D eigenvalue weighted by Crippen LogP contribution is 2.23. The van der Waals surface area contributed by atoms with Crippen molar-refractivity contribution < 1.29 is 9.59 Å². The Hall–Kier alpha value is -2.12. The van der Waals surface area contributed by atoms with Crippen molar-refractivity contribution in [3.8, 4) is 6.07 Å². The van der Waals surface area contributed by atoms with Crippen molar-refractivity contribution in [3.63, 3.8) is 0 Å². The highest BCUT2D eigenvalue weighted by atomic mass is 35.5. The first-order valence-electron chi connectivity index (χ1n) is 5.35. The molecular formula is C13H9ClN2O2. The van der Waals surface area contributed by atoms with Crippen molar-refractivity contribution in [2.45, 2.75) is 13.5 Å². The van der Waals surface area contributed by atoms with Crippen LogP contribution >= 0.6 is 11.6 Å². The fourth-order valence-corrected chi connectivity index (χ4v) is 2.02. The topological polar surface area (TPSA) is 62.9 Å². The van der Waals surface area contributed by atoms with E-state index in [1.165, 1.54) is 0 Å². The number of hydrogen-bond acceptors (Lipinski definition) is 3. The minimum absolute atomic E-state index is 0.240. The molecule has 0 fully saturated rings. The molecule has 4 nitrogen and oxygen atoms in total. The Morgan fingerprint density at radius 3 is 2.72 bits per heavy atom. The number of carbonyl (C=O) groups excluding carboxylic acids is 2. The molecule has 0 spiro atoms. The Kier molecular flexibility index (Phi) is 3.17. The molecule has 0 aliphatic rings. The first-order chi connectivity index (χ1) is 8.58. The summed E-state index contributed by atoms with van der Waals surface area (Å²) < 4.78 is 1.84. The standard InChI is InChI=1S/C13H9ClN2O2/c1-2-16-7-10(12(17)13(14)18)9-5-8(6-15)3-4-11(9)16/h3-5,7H,2H2,1H3. The molecule has 0 saturated heterocycles. The van der Waals surface area contributed by atoms with E-state index < -0.39 is 11.0 Å². The summed E-state index contributed by atoms with van der Waals surface area (Å²) in [7, 11) is 0. The minimum Gasteiger partial charge on any atom is -0.347 e. The van der Waals surface area contributed by atoms with Gasteiger partial charge in [-0.25, -0.2) is 0 Å². The zero-order valence-electron chi connectivity index (χ0n) is 9.61. The third-order valence-corrected chi connectivity index (χ3v) is 2.95. The van der Waals surface area contributed by atoms with E-state index in [1.54, 1.807) is 24.4 Å². The highest BCUT2D eigenvalue weighted by molar-refractivity contribution is 6.83. The van der Waals surface area contributed by atoms with Crippen molar-refractivity contribution >= 4 is 33.5 Å². The number of nitriles is 1. The van der Waals surface area contributed by atoms with Gasteiger partial charge in [0.05, 0.1) is 17.2 Å². The van der Waals surface area contributed by atoms with E-state index in [-0.39, 0.29) is 5.56 Å². The molecule has 0 amide bonds. The molecule has 2 aromatic rings. The molecule has 0 unspecified atom stereocenters. The predicted octanol–water partition coefficient (Wildman–Crippen LogP) is 2.48. The van der Waals surface area contributed by atoms with Crippen LogP contribution in [0.3, 0.4) is 0 Å². The van der Waals surface area contributed by atoms with Gasteiger partial charge in [0, 0.05) is 23.6 Å². The predicted molar refractivity (Wildman–Crippen MR) is 67.5 cm³/mol. The lowest BCUT2D eigenvalue weighted by atomic mass is 10.1. The van der Waals surface area contributed by atoms with Crippen molar-refractivity contribution in [3.05, 3.63) is 35.5 Å². The molecule has 0 N–H and O–H groups in total. The second kappa shape index (κ2) is 4.63. The second-order valence-corrected chi connectivity index (χ2v) is 4.12. The fourth-order valence-electron chi connectivity index (χ4n) is 1.92. The van der Waals surface area contributed by atoms with Crippen LogP contribution in [0, 0.1) is 11.3 Å². The summed E-state index contributed by atoms with van der Waals surface area (Å²) in [6.07, 6.45) is 1.59. The van der Waals surface area contributed by atoms with Gasteiger partial charge in [0.25, 0.3) is 5.24 Å².